The second-order valence-corrected chi connectivity index (χ2v) is 5.63. The molecule has 0 bridgehead atoms. The molecule has 1 aliphatic carbocycles. The summed E-state index contributed by atoms with van der Waals surface area (Å²) >= 11 is 6.02. The van der Waals surface area contributed by atoms with Crippen molar-refractivity contribution in [1.29, 1.82) is 5.26 Å². The predicted molar refractivity (Wildman–Crippen MR) is 67.8 cm³/mol. The van der Waals surface area contributed by atoms with Crippen molar-refractivity contribution in [3.63, 3.8) is 0 Å². The van der Waals surface area contributed by atoms with Crippen LogP contribution < -0.4 is 0 Å². The van der Waals surface area contributed by atoms with Gasteiger partial charge in [-0.25, -0.2) is 0 Å². The topological polar surface area (TPSA) is 47.3 Å². The zero-order valence-corrected chi connectivity index (χ0v) is 11.5. The molecule has 0 spiro atoms. The van der Waals surface area contributed by atoms with Gasteiger partial charge in [-0.2, -0.15) is 18.4 Å². The molecule has 2 aliphatic rings. The zero-order valence-electron chi connectivity index (χ0n) is 10.8. The fourth-order valence-corrected chi connectivity index (χ4v) is 2.97. The summed E-state index contributed by atoms with van der Waals surface area (Å²) < 4.78 is 38.9. The van der Waals surface area contributed by atoms with Gasteiger partial charge in [0.2, 0.25) is 0 Å². The first-order valence-electron chi connectivity index (χ1n) is 6.21. The molecule has 3 atom stereocenters. The van der Waals surface area contributed by atoms with Crippen LogP contribution in [0.4, 0.5) is 13.2 Å². The molecule has 0 saturated carbocycles. The van der Waals surface area contributed by atoms with E-state index in [4.69, 9.17) is 16.9 Å². The van der Waals surface area contributed by atoms with Gasteiger partial charge in [0.1, 0.15) is 0 Å². The molecule has 7 heteroatoms. The molecule has 1 unspecified atom stereocenters. The van der Waals surface area contributed by atoms with Gasteiger partial charge in [-0.15, -0.1) is 11.6 Å². The molecule has 2 rings (SSSR count). The smallest absolute Gasteiger partial charge is 0.379 e. The average Bonchev–Trinajstić information content (AvgIpc) is 2.67. The normalized spacial score (nSPS) is 34.5. The number of halogens is 4. The van der Waals surface area contributed by atoms with E-state index in [0.29, 0.717) is 17.7 Å². The molecule has 1 saturated heterocycles. The maximum absolute atomic E-state index is 13.0. The largest absolute Gasteiger partial charge is 0.419 e. The lowest BCUT2D eigenvalue weighted by atomic mass is 9.94. The minimum Gasteiger partial charge on any atom is -0.379 e. The van der Waals surface area contributed by atoms with Crippen LogP contribution in [0.1, 0.15) is 19.8 Å². The van der Waals surface area contributed by atoms with Crippen molar-refractivity contribution in [3.8, 4) is 6.07 Å². The van der Waals surface area contributed by atoms with Crippen molar-refractivity contribution in [2.75, 3.05) is 6.54 Å². The van der Waals surface area contributed by atoms with E-state index in [9.17, 15) is 18.3 Å². The van der Waals surface area contributed by atoms with Gasteiger partial charge in [-0.3, -0.25) is 0 Å². The first-order chi connectivity index (χ1) is 9.20. The van der Waals surface area contributed by atoms with E-state index in [-0.39, 0.29) is 13.0 Å². The highest BCUT2D eigenvalue weighted by molar-refractivity contribution is 6.23. The van der Waals surface area contributed by atoms with E-state index in [1.54, 1.807) is 6.08 Å². The molecule has 1 N–H and O–H groups in total. The predicted octanol–water partition coefficient (Wildman–Crippen LogP) is 2.72. The average molecular weight is 307 g/mol. The maximum Gasteiger partial charge on any atom is 0.419 e. The third-order valence-corrected chi connectivity index (χ3v) is 4.45. The molecule has 3 nitrogen and oxygen atoms in total. The highest BCUT2D eigenvalue weighted by atomic mass is 35.5. The van der Waals surface area contributed by atoms with Gasteiger partial charge in [0.15, 0.2) is 5.60 Å². The maximum atomic E-state index is 13.0. The van der Waals surface area contributed by atoms with E-state index in [0.717, 1.165) is 0 Å². The van der Waals surface area contributed by atoms with Crippen molar-refractivity contribution < 1.29 is 18.3 Å². The number of hydrogen-bond acceptors (Lipinski definition) is 3. The Balaban J connectivity index is 2.24. The van der Waals surface area contributed by atoms with E-state index in [1.165, 1.54) is 17.9 Å². The fourth-order valence-electron chi connectivity index (χ4n) is 2.69. The van der Waals surface area contributed by atoms with Crippen LogP contribution in [-0.2, 0) is 0 Å². The van der Waals surface area contributed by atoms with Gasteiger partial charge in [0.25, 0.3) is 0 Å². The molecular weight excluding hydrogens is 293 g/mol. The summed E-state index contributed by atoms with van der Waals surface area (Å²) in [4.78, 5) is 1.52. The minimum absolute atomic E-state index is 0.113. The van der Waals surface area contributed by atoms with Crippen LogP contribution in [-0.4, -0.2) is 39.7 Å². The molecule has 1 fully saturated rings. The Labute approximate surface area is 119 Å². The summed E-state index contributed by atoms with van der Waals surface area (Å²) in [5.41, 5.74) is -1.68. The van der Waals surface area contributed by atoms with Crippen LogP contribution >= 0.6 is 11.6 Å². The van der Waals surface area contributed by atoms with Crippen molar-refractivity contribution in [3.05, 3.63) is 23.4 Å². The first kappa shape index (κ1) is 15.2. The second-order valence-electron chi connectivity index (χ2n) is 5.10. The summed E-state index contributed by atoms with van der Waals surface area (Å²) in [5.74, 6) is 0. The number of nitrogens with zero attached hydrogens (tertiary/aromatic N) is 2. The van der Waals surface area contributed by atoms with E-state index < -0.39 is 23.2 Å². The summed E-state index contributed by atoms with van der Waals surface area (Å²) in [6.45, 7) is 1.47. The number of nitriles is 1. The Morgan fingerprint density at radius 1 is 1.50 bits per heavy atom. The third kappa shape index (κ3) is 2.29. The van der Waals surface area contributed by atoms with Crippen LogP contribution in [0.2, 0.25) is 0 Å². The van der Waals surface area contributed by atoms with E-state index >= 15 is 0 Å². The Bertz CT molecular complexity index is 509. The molecular formula is C13H14ClF3N2O. The Kier molecular flexibility index (Phi) is 3.78. The first-order valence-corrected chi connectivity index (χ1v) is 6.65. The molecule has 20 heavy (non-hydrogen) atoms. The monoisotopic (exact) mass is 306 g/mol. The number of hydrogen-bond donors (Lipinski definition) is 1. The fraction of sp³-hybridized carbons (Fsp3) is 0.615. The molecule has 1 heterocycles. The van der Waals surface area contributed by atoms with Gasteiger partial charge in [0.05, 0.1) is 17.5 Å². The number of aliphatic hydroxyl groups is 1. The second kappa shape index (κ2) is 4.97. The van der Waals surface area contributed by atoms with Gasteiger partial charge < -0.3 is 10.0 Å². The molecule has 110 valence electrons. The van der Waals surface area contributed by atoms with E-state index in [1.807, 2.05) is 6.07 Å². The number of rotatable bonds is 1. The van der Waals surface area contributed by atoms with Crippen molar-refractivity contribution >= 4 is 11.6 Å². The Morgan fingerprint density at radius 2 is 2.15 bits per heavy atom. The molecule has 0 aromatic rings. The highest BCUT2D eigenvalue weighted by Gasteiger charge is 2.61. The number of allylic oxidation sites excluding steroid dienone is 4. The van der Waals surface area contributed by atoms with Gasteiger partial charge >= 0.3 is 6.18 Å². The lowest BCUT2D eigenvalue weighted by Gasteiger charge is -2.35. The number of likely N-dealkylation sites (tertiary alicyclic amines) is 1. The van der Waals surface area contributed by atoms with Crippen LogP contribution in [0.3, 0.4) is 0 Å². The summed E-state index contributed by atoms with van der Waals surface area (Å²) in [6, 6.07) is 0.879. The van der Waals surface area contributed by atoms with Gasteiger partial charge in [0, 0.05) is 30.7 Å². The molecule has 0 radical (unpaired) electrons. The van der Waals surface area contributed by atoms with Gasteiger partial charge in [-0.05, 0) is 19.1 Å². The molecule has 1 aliphatic heterocycles. The number of alkyl halides is 4. The molecule has 0 aromatic carbocycles. The standard InChI is InChI=1S/C13H14ClF3N2O/c1-8-12(20,13(15,16)17)4-5-19(8)10-3-2-9(7-18)11(14)6-10/h2-3,8,11,20H,4-6H2,1H3/t8-,11?,12-/m0/s1. The van der Waals surface area contributed by atoms with Crippen molar-refractivity contribution in [2.24, 2.45) is 0 Å². The van der Waals surface area contributed by atoms with Crippen molar-refractivity contribution in [1.82, 2.24) is 4.90 Å². The van der Waals surface area contributed by atoms with Crippen LogP contribution in [0, 0.1) is 11.3 Å². The van der Waals surface area contributed by atoms with Crippen LogP contribution in [0.5, 0.6) is 0 Å². The minimum atomic E-state index is -4.66. The van der Waals surface area contributed by atoms with Crippen LogP contribution in [0.25, 0.3) is 0 Å². The quantitative estimate of drug-likeness (QED) is 0.758. The molecule has 0 amide bonds. The summed E-state index contributed by atoms with van der Waals surface area (Å²) in [5, 5.41) is 18.2. The summed E-state index contributed by atoms with van der Waals surface area (Å²) in [6.07, 6.45) is -1.61. The van der Waals surface area contributed by atoms with Gasteiger partial charge in [-0.1, -0.05) is 0 Å². The van der Waals surface area contributed by atoms with Crippen LogP contribution in [0.15, 0.2) is 23.4 Å². The van der Waals surface area contributed by atoms with E-state index in [2.05, 4.69) is 0 Å². The van der Waals surface area contributed by atoms with Crippen molar-refractivity contribution in [2.45, 2.75) is 43.0 Å². The highest BCUT2D eigenvalue weighted by Crippen LogP contribution is 2.44. The molecule has 0 aromatic heterocycles. The lowest BCUT2D eigenvalue weighted by molar-refractivity contribution is -0.264. The Hall–Kier alpha value is -1.19. The SMILES string of the molecule is C[C@@H]1N(C2=CC=C(C#N)C(Cl)C2)CC[C@@]1(O)C(F)(F)F. The lowest BCUT2D eigenvalue weighted by Crippen LogP contribution is -2.53. The Morgan fingerprint density at radius 3 is 2.60 bits per heavy atom. The third-order valence-electron chi connectivity index (χ3n) is 4.06. The summed E-state index contributed by atoms with van der Waals surface area (Å²) in [7, 11) is 0. The zero-order chi connectivity index (χ0) is 15.1.